The van der Waals surface area contributed by atoms with Crippen LogP contribution in [0.15, 0.2) is 36.4 Å². The molecule has 0 saturated heterocycles. The summed E-state index contributed by atoms with van der Waals surface area (Å²) in [6, 6.07) is 9.72. The molecule has 0 spiro atoms. The Morgan fingerprint density at radius 1 is 1.19 bits per heavy atom. The normalized spacial score (nSPS) is 14.0. The van der Waals surface area contributed by atoms with Crippen LogP contribution in [0.2, 0.25) is 10.0 Å². The molecule has 2 aromatic rings. The molecular formula is C16H16Cl2FNO. The van der Waals surface area contributed by atoms with Crippen molar-refractivity contribution in [2.45, 2.75) is 18.9 Å². The molecule has 3 N–H and O–H groups in total. The second kappa shape index (κ2) is 6.75. The first kappa shape index (κ1) is 16.2. The van der Waals surface area contributed by atoms with Gasteiger partial charge in [0, 0.05) is 28.1 Å². The van der Waals surface area contributed by atoms with Gasteiger partial charge in [-0.15, -0.1) is 0 Å². The van der Waals surface area contributed by atoms with E-state index in [1.807, 2.05) is 0 Å². The van der Waals surface area contributed by atoms with E-state index in [0.717, 1.165) is 5.56 Å². The third kappa shape index (κ3) is 3.38. The van der Waals surface area contributed by atoms with Crippen molar-refractivity contribution in [3.63, 3.8) is 0 Å². The summed E-state index contributed by atoms with van der Waals surface area (Å²) in [6.45, 7) is 1.88. The van der Waals surface area contributed by atoms with Crippen LogP contribution in [-0.4, -0.2) is 11.7 Å². The van der Waals surface area contributed by atoms with E-state index >= 15 is 0 Å². The number of benzene rings is 2. The van der Waals surface area contributed by atoms with Gasteiger partial charge in [0.15, 0.2) is 0 Å². The van der Waals surface area contributed by atoms with Crippen molar-refractivity contribution in [2.75, 3.05) is 6.54 Å². The van der Waals surface area contributed by atoms with Crippen LogP contribution in [-0.2, 0) is 0 Å². The molecule has 0 saturated carbocycles. The molecule has 2 rings (SSSR count). The standard InChI is InChI=1S/C16H16Cl2FNO/c1-9-5-6-10(14(19)7-9)16(21)11(8-20)15-12(17)3-2-4-13(15)18/h2-7,11,16,21H,8,20H2,1H3. The van der Waals surface area contributed by atoms with Crippen molar-refractivity contribution >= 4 is 23.2 Å². The van der Waals surface area contributed by atoms with E-state index in [-0.39, 0.29) is 12.1 Å². The fourth-order valence-electron chi connectivity index (χ4n) is 2.36. The van der Waals surface area contributed by atoms with Gasteiger partial charge in [-0.2, -0.15) is 0 Å². The minimum atomic E-state index is -1.12. The number of aliphatic hydroxyl groups excluding tert-OH is 1. The molecular weight excluding hydrogens is 312 g/mol. The molecule has 2 atom stereocenters. The second-order valence-electron chi connectivity index (χ2n) is 4.95. The summed E-state index contributed by atoms with van der Waals surface area (Å²) in [5.41, 5.74) is 7.27. The fourth-order valence-corrected chi connectivity index (χ4v) is 3.04. The summed E-state index contributed by atoms with van der Waals surface area (Å²) >= 11 is 12.3. The van der Waals surface area contributed by atoms with Crippen LogP contribution in [0.25, 0.3) is 0 Å². The van der Waals surface area contributed by atoms with Crippen LogP contribution in [0.1, 0.15) is 28.7 Å². The Balaban J connectivity index is 2.46. The molecule has 112 valence electrons. The third-order valence-electron chi connectivity index (χ3n) is 3.48. The number of hydrogen-bond acceptors (Lipinski definition) is 2. The quantitative estimate of drug-likeness (QED) is 0.883. The number of halogens is 3. The third-order valence-corrected chi connectivity index (χ3v) is 4.14. The zero-order valence-electron chi connectivity index (χ0n) is 11.5. The van der Waals surface area contributed by atoms with Crippen molar-refractivity contribution in [2.24, 2.45) is 5.73 Å². The molecule has 5 heteroatoms. The lowest BCUT2D eigenvalue weighted by Gasteiger charge is -2.24. The average Bonchev–Trinajstić information content (AvgIpc) is 2.42. The topological polar surface area (TPSA) is 46.2 Å². The summed E-state index contributed by atoms with van der Waals surface area (Å²) < 4.78 is 14.0. The van der Waals surface area contributed by atoms with Gasteiger partial charge in [0.1, 0.15) is 5.82 Å². The van der Waals surface area contributed by atoms with Crippen molar-refractivity contribution in [1.29, 1.82) is 0 Å². The predicted molar refractivity (Wildman–Crippen MR) is 84.4 cm³/mol. The predicted octanol–water partition coefficient (Wildman–Crippen LogP) is 4.22. The summed E-state index contributed by atoms with van der Waals surface area (Å²) in [6.07, 6.45) is -1.12. The average molecular weight is 328 g/mol. The first-order valence-electron chi connectivity index (χ1n) is 6.53. The van der Waals surface area contributed by atoms with Crippen molar-refractivity contribution in [3.8, 4) is 0 Å². The smallest absolute Gasteiger partial charge is 0.129 e. The van der Waals surface area contributed by atoms with E-state index < -0.39 is 17.8 Å². The molecule has 0 bridgehead atoms. The van der Waals surface area contributed by atoms with Gasteiger partial charge >= 0.3 is 0 Å². The lowest BCUT2D eigenvalue weighted by Crippen LogP contribution is -2.21. The summed E-state index contributed by atoms with van der Waals surface area (Å²) in [5.74, 6) is -1.05. The van der Waals surface area contributed by atoms with Gasteiger partial charge in [0.05, 0.1) is 6.10 Å². The lowest BCUT2D eigenvalue weighted by atomic mass is 9.88. The molecule has 0 amide bonds. The van der Waals surface area contributed by atoms with Gasteiger partial charge in [-0.05, 0) is 36.2 Å². The fraction of sp³-hybridized carbons (Fsp3) is 0.250. The largest absolute Gasteiger partial charge is 0.388 e. The molecule has 2 aromatic carbocycles. The lowest BCUT2D eigenvalue weighted by molar-refractivity contribution is 0.143. The highest BCUT2D eigenvalue weighted by molar-refractivity contribution is 6.36. The summed E-state index contributed by atoms with van der Waals surface area (Å²) in [4.78, 5) is 0. The first-order chi connectivity index (χ1) is 9.95. The van der Waals surface area contributed by atoms with Crippen LogP contribution in [0.3, 0.4) is 0 Å². The van der Waals surface area contributed by atoms with Gasteiger partial charge in [-0.25, -0.2) is 4.39 Å². The molecule has 0 aliphatic heterocycles. The number of aliphatic hydroxyl groups is 1. The van der Waals surface area contributed by atoms with Crippen LogP contribution in [0, 0.1) is 12.7 Å². The zero-order chi connectivity index (χ0) is 15.6. The summed E-state index contributed by atoms with van der Waals surface area (Å²) in [7, 11) is 0. The number of hydrogen-bond donors (Lipinski definition) is 2. The molecule has 0 aliphatic carbocycles. The number of rotatable bonds is 4. The van der Waals surface area contributed by atoms with E-state index in [0.29, 0.717) is 15.6 Å². The van der Waals surface area contributed by atoms with Crippen molar-refractivity contribution in [1.82, 2.24) is 0 Å². The maximum atomic E-state index is 14.0. The van der Waals surface area contributed by atoms with E-state index in [1.54, 1.807) is 37.3 Å². The van der Waals surface area contributed by atoms with E-state index in [1.165, 1.54) is 6.07 Å². The molecule has 0 heterocycles. The highest BCUT2D eigenvalue weighted by Crippen LogP contribution is 2.39. The Morgan fingerprint density at radius 3 is 2.33 bits per heavy atom. The molecule has 0 fully saturated rings. The Bertz CT molecular complexity index is 628. The van der Waals surface area contributed by atoms with Crippen LogP contribution >= 0.6 is 23.2 Å². The molecule has 0 aliphatic rings. The minimum absolute atomic E-state index is 0.0952. The van der Waals surface area contributed by atoms with Gasteiger partial charge in [0.2, 0.25) is 0 Å². The van der Waals surface area contributed by atoms with Gasteiger partial charge < -0.3 is 10.8 Å². The number of aryl methyl sites for hydroxylation is 1. The Labute approximate surface area is 133 Å². The first-order valence-corrected chi connectivity index (χ1v) is 7.29. The van der Waals surface area contributed by atoms with Crippen LogP contribution < -0.4 is 5.73 Å². The Hall–Kier alpha value is -1.13. The van der Waals surface area contributed by atoms with E-state index in [4.69, 9.17) is 28.9 Å². The van der Waals surface area contributed by atoms with Gasteiger partial charge in [0.25, 0.3) is 0 Å². The molecule has 21 heavy (non-hydrogen) atoms. The second-order valence-corrected chi connectivity index (χ2v) is 5.76. The molecule has 0 aromatic heterocycles. The molecule has 0 radical (unpaired) electrons. The van der Waals surface area contributed by atoms with Crippen molar-refractivity contribution < 1.29 is 9.50 Å². The van der Waals surface area contributed by atoms with Crippen LogP contribution in [0.4, 0.5) is 4.39 Å². The number of nitrogens with two attached hydrogens (primary N) is 1. The molecule has 2 unspecified atom stereocenters. The molecule has 2 nitrogen and oxygen atoms in total. The highest BCUT2D eigenvalue weighted by atomic mass is 35.5. The Kier molecular flexibility index (Phi) is 5.22. The maximum Gasteiger partial charge on any atom is 0.129 e. The van der Waals surface area contributed by atoms with Gasteiger partial charge in [-0.1, -0.05) is 41.4 Å². The van der Waals surface area contributed by atoms with E-state index in [2.05, 4.69) is 0 Å². The van der Waals surface area contributed by atoms with E-state index in [9.17, 15) is 9.50 Å². The maximum absolute atomic E-state index is 14.0. The monoisotopic (exact) mass is 327 g/mol. The Morgan fingerprint density at radius 2 is 1.81 bits per heavy atom. The summed E-state index contributed by atoms with van der Waals surface area (Å²) in [5, 5.41) is 11.3. The minimum Gasteiger partial charge on any atom is -0.388 e. The van der Waals surface area contributed by atoms with Crippen LogP contribution in [0.5, 0.6) is 0 Å². The zero-order valence-corrected chi connectivity index (χ0v) is 13.0. The van der Waals surface area contributed by atoms with Gasteiger partial charge in [-0.3, -0.25) is 0 Å². The SMILES string of the molecule is Cc1ccc(C(O)C(CN)c2c(Cl)cccc2Cl)c(F)c1. The van der Waals surface area contributed by atoms with Crippen molar-refractivity contribution in [3.05, 3.63) is 69.0 Å². The highest BCUT2D eigenvalue weighted by Gasteiger charge is 2.27.